The first kappa shape index (κ1) is 20.7. The smallest absolute Gasteiger partial charge is 0.193 e. The number of rotatable bonds is 6. The molecule has 0 aliphatic heterocycles. The highest BCUT2D eigenvalue weighted by Crippen LogP contribution is 2.18. The van der Waals surface area contributed by atoms with Crippen LogP contribution in [0.4, 0.5) is 0 Å². The number of methoxy groups -OCH3 is 1. The van der Waals surface area contributed by atoms with Crippen molar-refractivity contribution in [2.75, 3.05) is 27.7 Å². The molecule has 1 N–H and O–H groups in total. The van der Waals surface area contributed by atoms with E-state index in [2.05, 4.69) is 31.6 Å². The number of aromatic nitrogens is 1. The number of nitrogens with one attached hydrogen (secondary N) is 1. The molecule has 7 heteroatoms. The molecule has 0 spiro atoms. The molecular formula is C17H25IN4OS. The maximum atomic E-state index is 5.41. The zero-order valence-corrected chi connectivity index (χ0v) is 17.7. The number of hydrogen-bond acceptors (Lipinski definition) is 4. The summed E-state index contributed by atoms with van der Waals surface area (Å²) < 4.78 is 5.41. The molecule has 1 aromatic heterocycles. The van der Waals surface area contributed by atoms with Gasteiger partial charge in [0.05, 0.1) is 17.8 Å². The van der Waals surface area contributed by atoms with Gasteiger partial charge in [0.15, 0.2) is 5.96 Å². The van der Waals surface area contributed by atoms with Crippen molar-refractivity contribution in [1.29, 1.82) is 0 Å². The Morgan fingerprint density at radius 3 is 2.75 bits per heavy atom. The number of guanidine groups is 1. The maximum absolute atomic E-state index is 5.41. The first-order valence-corrected chi connectivity index (χ1v) is 8.46. The minimum Gasteiger partial charge on any atom is -0.496 e. The normalized spacial score (nSPS) is 10.9. The molecule has 0 saturated carbocycles. The molecule has 0 amide bonds. The summed E-state index contributed by atoms with van der Waals surface area (Å²) in [5, 5.41) is 6.60. The van der Waals surface area contributed by atoms with Crippen LogP contribution in [0.5, 0.6) is 5.75 Å². The van der Waals surface area contributed by atoms with Gasteiger partial charge in [-0.1, -0.05) is 18.2 Å². The van der Waals surface area contributed by atoms with E-state index in [1.54, 1.807) is 25.5 Å². The zero-order chi connectivity index (χ0) is 16.7. The van der Waals surface area contributed by atoms with E-state index in [1.807, 2.05) is 32.2 Å². The fourth-order valence-electron chi connectivity index (χ4n) is 2.37. The Morgan fingerprint density at radius 2 is 2.12 bits per heavy atom. The maximum Gasteiger partial charge on any atom is 0.193 e. The summed E-state index contributed by atoms with van der Waals surface area (Å²) in [7, 11) is 5.52. The minimum absolute atomic E-state index is 0. The average Bonchev–Trinajstić information content (AvgIpc) is 2.97. The highest BCUT2D eigenvalue weighted by Gasteiger charge is 2.09. The third-order valence-corrected chi connectivity index (χ3v) is 4.33. The second-order valence-electron chi connectivity index (χ2n) is 5.25. The number of thiazole rings is 1. The van der Waals surface area contributed by atoms with Gasteiger partial charge >= 0.3 is 0 Å². The largest absolute Gasteiger partial charge is 0.496 e. The predicted octanol–water partition coefficient (Wildman–Crippen LogP) is 3.33. The second kappa shape index (κ2) is 10.5. The number of ether oxygens (including phenoxy) is 1. The van der Waals surface area contributed by atoms with E-state index in [-0.39, 0.29) is 24.0 Å². The molecule has 1 aromatic carbocycles. The lowest BCUT2D eigenvalue weighted by atomic mass is 10.2. The second-order valence-corrected chi connectivity index (χ2v) is 6.31. The van der Waals surface area contributed by atoms with Crippen LogP contribution in [0.15, 0.2) is 34.6 Å². The van der Waals surface area contributed by atoms with Gasteiger partial charge in [-0.15, -0.1) is 35.3 Å². The summed E-state index contributed by atoms with van der Waals surface area (Å²) >= 11 is 1.69. The van der Waals surface area contributed by atoms with Gasteiger partial charge in [-0.05, 0) is 13.0 Å². The molecule has 2 aromatic rings. The van der Waals surface area contributed by atoms with Crippen LogP contribution in [-0.2, 0) is 13.0 Å². The van der Waals surface area contributed by atoms with Crippen LogP contribution in [0.1, 0.15) is 16.3 Å². The number of para-hydroxylation sites is 1. The molecule has 0 unspecified atom stereocenters. The van der Waals surface area contributed by atoms with E-state index >= 15 is 0 Å². The zero-order valence-electron chi connectivity index (χ0n) is 14.6. The van der Waals surface area contributed by atoms with Crippen molar-refractivity contribution in [3.05, 3.63) is 45.9 Å². The Balaban J connectivity index is 0.00000288. The van der Waals surface area contributed by atoms with E-state index in [9.17, 15) is 0 Å². The van der Waals surface area contributed by atoms with Gasteiger partial charge < -0.3 is 15.0 Å². The van der Waals surface area contributed by atoms with E-state index in [1.165, 1.54) is 0 Å². The number of halogens is 1. The molecule has 0 bridgehead atoms. The lowest BCUT2D eigenvalue weighted by molar-refractivity contribution is 0.396. The van der Waals surface area contributed by atoms with Crippen molar-refractivity contribution in [3.8, 4) is 5.75 Å². The van der Waals surface area contributed by atoms with Crippen LogP contribution < -0.4 is 10.1 Å². The van der Waals surface area contributed by atoms with Gasteiger partial charge in [0.1, 0.15) is 5.75 Å². The van der Waals surface area contributed by atoms with Crippen LogP contribution in [0.2, 0.25) is 0 Å². The lowest BCUT2D eigenvalue weighted by Gasteiger charge is -2.23. The first-order chi connectivity index (χ1) is 11.1. The lowest BCUT2D eigenvalue weighted by Crippen LogP contribution is -2.39. The van der Waals surface area contributed by atoms with E-state index in [0.29, 0.717) is 0 Å². The monoisotopic (exact) mass is 460 g/mol. The van der Waals surface area contributed by atoms with Crippen LogP contribution in [0.25, 0.3) is 0 Å². The van der Waals surface area contributed by atoms with Gasteiger partial charge in [0.2, 0.25) is 0 Å². The van der Waals surface area contributed by atoms with Crippen LogP contribution >= 0.6 is 35.3 Å². The third-order valence-electron chi connectivity index (χ3n) is 3.50. The molecular weight excluding hydrogens is 435 g/mol. The van der Waals surface area contributed by atoms with Crippen LogP contribution in [0, 0.1) is 6.92 Å². The number of hydrogen-bond donors (Lipinski definition) is 1. The molecule has 132 valence electrons. The summed E-state index contributed by atoms with van der Waals surface area (Å²) in [5.74, 6) is 1.76. The van der Waals surface area contributed by atoms with E-state index in [4.69, 9.17) is 4.74 Å². The Labute approximate surface area is 165 Å². The summed E-state index contributed by atoms with van der Waals surface area (Å²) in [4.78, 5) is 10.9. The standard InChI is InChI=1S/C17H24N4OS.HI/c1-13-20-15(12-23-13)9-10-19-17(18-2)21(3)11-14-7-5-6-8-16(14)22-4;/h5-8,12H,9-11H2,1-4H3,(H,18,19);1H. The first-order valence-electron chi connectivity index (χ1n) is 7.58. The molecule has 0 radical (unpaired) electrons. The molecule has 1 heterocycles. The summed E-state index contributed by atoms with van der Waals surface area (Å²) in [6, 6.07) is 8.04. The number of aliphatic imine (C=N–C) groups is 1. The Morgan fingerprint density at radius 1 is 1.38 bits per heavy atom. The average molecular weight is 460 g/mol. The van der Waals surface area contributed by atoms with E-state index < -0.39 is 0 Å². The molecule has 2 rings (SSSR count). The van der Waals surface area contributed by atoms with Crippen molar-refractivity contribution >= 4 is 41.3 Å². The van der Waals surface area contributed by atoms with Gasteiger partial charge in [0, 0.05) is 44.5 Å². The summed E-state index contributed by atoms with van der Waals surface area (Å²) in [5.41, 5.74) is 2.26. The third kappa shape index (κ3) is 5.94. The van der Waals surface area contributed by atoms with Crippen molar-refractivity contribution in [1.82, 2.24) is 15.2 Å². The summed E-state index contributed by atoms with van der Waals surface area (Å²) in [6.45, 7) is 3.58. The van der Waals surface area contributed by atoms with Gasteiger partial charge in [-0.3, -0.25) is 4.99 Å². The van der Waals surface area contributed by atoms with Crippen molar-refractivity contribution in [2.45, 2.75) is 19.9 Å². The topological polar surface area (TPSA) is 49.8 Å². The fourth-order valence-corrected chi connectivity index (χ4v) is 3.02. The fraction of sp³-hybridized carbons (Fsp3) is 0.412. The van der Waals surface area contributed by atoms with Crippen molar-refractivity contribution in [3.63, 3.8) is 0 Å². The molecule has 24 heavy (non-hydrogen) atoms. The number of aryl methyl sites for hydroxylation is 1. The Bertz CT molecular complexity index is 660. The van der Waals surface area contributed by atoms with Gasteiger partial charge in [0.25, 0.3) is 0 Å². The summed E-state index contributed by atoms with van der Waals surface area (Å²) in [6.07, 6.45) is 0.895. The highest BCUT2D eigenvalue weighted by molar-refractivity contribution is 14.0. The van der Waals surface area contributed by atoms with Crippen molar-refractivity contribution in [2.24, 2.45) is 4.99 Å². The molecule has 0 atom stereocenters. The molecule has 0 aliphatic carbocycles. The molecule has 0 fully saturated rings. The highest BCUT2D eigenvalue weighted by atomic mass is 127. The minimum atomic E-state index is 0. The van der Waals surface area contributed by atoms with Gasteiger partial charge in [-0.2, -0.15) is 0 Å². The van der Waals surface area contributed by atoms with Crippen LogP contribution in [0.3, 0.4) is 0 Å². The quantitative estimate of drug-likeness (QED) is 0.408. The predicted molar refractivity (Wildman–Crippen MR) is 112 cm³/mol. The molecule has 0 aliphatic rings. The Kier molecular flexibility index (Phi) is 9.05. The SMILES string of the molecule is CN=C(NCCc1csc(C)n1)N(C)Cc1ccccc1OC.I. The number of benzene rings is 1. The van der Waals surface area contributed by atoms with Crippen molar-refractivity contribution < 1.29 is 4.74 Å². The van der Waals surface area contributed by atoms with E-state index in [0.717, 1.165) is 47.5 Å². The van der Waals surface area contributed by atoms with Gasteiger partial charge in [-0.25, -0.2) is 4.98 Å². The molecule has 0 saturated heterocycles. The molecule has 5 nitrogen and oxygen atoms in total. The van der Waals surface area contributed by atoms with Crippen LogP contribution in [-0.4, -0.2) is 43.6 Å². The number of nitrogens with zero attached hydrogens (tertiary/aromatic N) is 3. The Hall–Kier alpha value is -1.35.